The maximum atomic E-state index is 3.57. The van der Waals surface area contributed by atoms with Crippen LogP contribution in [0.25, 0.3) is 21.8 Å². The molecule has 0 spiro atoms. The van der Waals surface area contributed by atoms with Gasteiger partial charge in [-0.15, -0.1) is 0 Å². The van der Waals surface area contributed by atoms with Gasteiger partial charge in [0.1, 0.15) is 0 Å². The molecule has 0 aliphatic rings. The molecule has 0 amide bonds. The van der Waals surface area contributed by atoms with Crippen molar-refractivity contribution in [2.24, 2.45) is 0 Å². The molecule has 2 heteroatoms. The number of aryl methyl sites for hydroxylation is 1. The van der Waals surface area contributed by atoms with Crippen molar-refractivity contribution in [2.75, 3.05) is 0 Å². The smallest absolute Gasteiger partial charge is 0.0492 e. The highest BCUT2D eigenvalue weighted by molar-refractivity contribution is 5.87. The Morgan fingerprint density at radius 2 is 1.70 bits per heavy atom. The second-order valence-electron chi connectivity index (χ2n) is 9.56. The fraction of sp³-hybridized carbons (Fsp3) is 0.360. The third-order valence-electron chi connectivity index (χ3n) is 5.76. The lowest BCUT2D eigenvalue weighted by atomic mass is 9.78. The van der Waals surface area contributed by atoms with Gasteiger partial charge in [0, 0.05) is 28.3 Å². The van der Waals surface area contributed by atoms with Gasteiger partial charge in [0.2, 0.25) is 0 Å². The van der Waals surface area contributed by atoms with Crippen LogP contribution in [0.4, 0.5) is 0 Å². The fourth-order valence-corrected chi connectivity index (χ4v) is 4.70. The first-order valence-corrected chi connectivity index (χ1v) is 9.85. The number of aromatic nitrogens is 2. The Morgan fingerprint density at radius 1 is 0.926 bits per heavy atom. The number of aromatic amines is 2. The molecule has 0 unspecified atom stereocenters. The molecule has 0 aliphatic carbocycles. The maximum absolute atomic E-state index is 3.57. The monoisotopic (exact) mass is 358 g/mol. The minimum atomic E-state index is 0.0469. The molecule has 2 aromatic heterocycles. The summed E-state index contributed by atoms with van der Waals surface area (Å²) in [5, 5.41) is 2.65. The highest BCUT2D eigenvalue weighted by atomic mass is 14.7. The van der Waals surface area contributed by atoms with E-state index in [1.807, 2.05) is 6.20 Å². The molecule has 0 saturated carbocycles. The van der Waals surface area contributed by atoms with Crippen LogP contribution >= 0.6 is 0 Å². The average molecular weight is 359 g/mol. The summed E-state index contributed by atoms with van der Waals surface area (Å²) < 4.78 is 0. The molecule has 140 valence electrons. The molecule has 2 heterocycles. The molecule has 0 bridgehead atoms. The van der Waals surface area contributed by atoms with Gasteiger partial charge in [0.25, 0.3) is 0 Å². The van der Waals surface area contributed by atoms with E-state index < -0.39 is 0 Å². The zero-order valence-corrected chi connectivity index (χ0v) is 17.3. The second kappa shape index (κ2) is 6.02. The number of benzene rings is 2. The summed E-state index contributed by atoms with van der Waals surface area (Å²) in [7, 11) is 0. The number of fused-ring (bicyclic) bond motifs is 2. The normalized spacial score (nSPS) is 13.0. The standard InChI is InChI=1S/C25H30N2/c1-16-22(24(2,3)4)19-14-17(10-11-21(19)27-16)15-25(5,6)20-9-7-8-18-12-13-26-23(18)20/h7-14,26-27H,15H2,1-6H3. The van der Waals surface area contributed by atoms with Crippen LogP contribution in [0.5, 0.6) is 0 Å². The van der Waals surface area contributed by atoms with E-state index >= 15 is 0 Å². The largest absolute Gasteiger partial charge is 0.361 e. The first-order chi connectivity index (χ1) is 12.7. The fourth-order valence-electron chi connectivity index (χ4n) is 4.70. The predicted molar refractivity (Wildman–Crippen MR) is 117 cm³/mol. The third-order valence-corrected chi connectivity index (χ3v) is 5.76. The number of para-hydroxylation sites is 1. The zero-order valence-electron chi connectivity index (χ0n) is 17.3. The summed E-state index contributed by atoms with van der Waals surface area (Å²) in [5.74, 6) is 0. The molecule has 27 heavy (non-hydrogen) atoms. The van der Waals surface area contributed by atoms with Crippen molar-refractivity contribution < 1.29 is 0 Å². The zero-order chi connectivity index (χ0) is 19.4. The van der Waals surface area contributed by atoms with Crippen molar-refractivity contribution in [1.29, 1.82) is 0 Å². The van der Waals surface area contributed by atoms with Gasteiger partial charge < -0.3 is 9.97 Å². The van der Waals surface area contributed by atoms with Crippen LogP contribution in [-0.4, -0.2) is 9.97 Å². The Balaban J connectivity index is 1.78. The summed E-state index contributed by atoms with van der Waals surface area (Å²) in [6.07, 6.45) is 3.05. The lowest BCUT2D eigenvalue weighted by molar-refractivity contribution is 0.526. The summed E-state index contributed by atoms with van der Waals surface area (Å²) in [6.45, 7) is 13.8. The minimum absolute atomic E-state index is 0.0469. The molecule has 0 fully saturated rings. The van der Waals surface area contributed by atoms with E-state index in [1.54, 1.807) is 0 Å². The average Bonchev–Trinajstić information content (AvgIpc) is 3.16. The van der Waals surface area contributed by atoms with Crippen molar-refractivity contribution >= 4 is 21.8 Å². The van der Waals surface area contributed by atoms with E-state index in [0.29, 0.717) is 0 Å². The number of hydrogen-bond acceptors (Lipinski definition) is 0. The molecule has 4 aromatic rings. The highest BCUT2D eigenvalue weighted by Crippen LogP contribution is 2.36. The van der Waals surface area contributed by atoms with Crippen LogP contribution in [0.2, 0.25) is 0 Å². The summed E-state index contributed by atoms with van der Waals surface area (Å²) in [4.78, 5) is 7.01. The molecule has 0 aliphatic heterocycles. The molecule has 0 atom stereocenters. The van der Waals surface area contributed by atoms with Gasteiger partial charge >= 0.3 is 0 Å². The number of hydrogen-bond donors (Lipinski definition) is 2. The maximum Gasteiger partial charge on any atom is 0.0492 e. The minimum Gasteiger partial charge on any atom is -0.361 e. The van der Waals surface area contributed by atoms with Gasteiger partial charge in [-0.3, -0.25) is 0 Å². The van der Waals surface area contributed by atoms with E-state index in [2.05, 4.69) is 94.0 Å². The number of rotatable bonds is 3. The Morgan fingerprint density at radius 3 is 2.44 bits per heavy atom. The van der Waals surface area contributed by atoms with Crippen LogP contribution < -0.4 is 0 Å². The van der Waals surface area contributed by atoms with Crippen LogP contribution in [-0.2, 0) is 17.3 Å². The van der Waals surface area contributed by atoms with Gasteiger partial charge in [-0.2, -0.15) is 0 Å². The lowest BCUT2D eigenvalue weighted by Gasteiger charge is -2.26. The molecule has 4 rings (SSSR count). The molecule has 0 radical (unpaired) electrons. The topological polar surface area (TPSA) is 31.6 Å². The Hall–Kier alpha value is -2.48. The van der Waals surface area contributed by atoms with Crippen LogP contribution in [0, 0.1) is 6.92 Å². The molecular weight excluding hydrogens is 328 g/mol. The molecular formula is C25H30N2. The van der Waals surface area contributed by atoms with E-state index in [4.69, 9.17) is 0 Å². The van der Waals surface area contributed by atoms with E-state index in [1.165, 1.54) is 44.2 Å². The van der Waals surface area contributed by atoms with E-state index in [9.17, 15) is 0 Å². The van der Waals surface area contributed by atoms with Crippen molar-refractivity contribution in [3.05, 3.63) is 71.0 Å². The van der Waals surface area contributed by atoms with E-state index in [-0.39, 0.29) is 10.8 Å². The molecule has 2 aromatic carbocycles. The van der Waals surface area contributed by atoms with Gasteiger partial charge in [-0.25, -0.2) is 0 Å². The summed E-state index contributed by atoms with van der Waals surface area (Å²) in [5.41, 5.74) is 8.17. The molecule has 2 N–H and O–H groups in total. The quantitative estimate of drug-likeness (QED) is 0.405. The van der Waals surface area contributed by atoms with Crippen molar-refractivity contribution in [3.63, 3.8) is 0 Å². The lowest BCUT2D eigenvalue weighted by Crippen LogP contribution is -2.21. The number of H-pyrrole nitrogens is 2. The van der Waals surface area contributed by atoms with Crippen molar-refractivity contribution in [2.45, 2.75) is 58.8 Å². The van der Waals surface area contributed by atoms with Crippen molar-refractivity contribution in [3.8, 4) is 0 Å². The highest BCUT2D eigenvalue weighted by Gasteiger charge is 2.25. The third kappa shape index (κ3) is 3.07. The first-order valence-electron chi connectivity index (χ1n) is 9.85. The van der Waals surface area contributed by atoms with Gasteiger partial charge in [-0.05, 0) is 64.5 Å². The number of nitrogens with one attached hydrogen (secondary N) is 2. The Labute approximate surface area is 162 Å². The van der Waals surface area contributed by atoms with Crippen LogP contribution in [0.15, 0.2) is 48.7 Å². The SMILES string of the molecule is Cc1[nH]c2ccc(CC(C)(C)c3cccc4cc[nH]c34)cc2c1C(C)(C)C. The van der Waals surface area contributed by atoms with Gasteiger partial charge in [-0.1, -0.05) is 58.9 Å². The van der Waals surface area contributed by atoms with Gasteiger partial charge in [0.05, 0.1) is 0 Å². The molecule has 0 saturated heterocycles. The van der Waals surface area contributed by atoms with Crippen molar-refractivity contribution in [1.82, 2.24) is 9.97 Å². The Bertz CT molecular complexity index is 1120. The first kappa shape index (κ1) is 17.9. The predicted octanol–water partition coefficient (Wildman–Crippen LogP) is 6.78. The van der Waals surface area contributed by atoms with Gasteiger partial charge in [0.15, 0.2) is 0 Å². The van der Waals surface area contributed by atoms with Crippen LogP contribution in [0.1, 0.15) is 57.0 Å². The summed E-state index contributed by atoms with van der Waals surface area (Å²) >= 11 is 0. The Kier molecular flexibility index (Phi) is 3.99. The second-order valence-corrected chi connectivity index (χ2v) is 9.56. The summed E-state index contributed by atoms with van der Waals surface area (Å²) in [6, 6.07) is 15.7. The van der Waals surface area contributed by atoms with Crippen LogP contribution in [0.3, 0.4) is 0 Å². The molecule has 2 nitrogen and oxygen atoms in total. The van der Waals surface area contributed by atoms with E-state index in [0.717, 1.165) is 6.42 Å².